The van der Waals surface area contributed by atoms with Gasteiger partial charge in [0.25, 0.3) is 5.56 Å². The fraction of sp³-hybridized carbons (Fsp3) is 0.472. The Bertz CT molecular complexity index is 1610. The number of nitrogens with one attached hydrogen (secondary N) is 1. The number of halogens is 2. The quantitative estimate of drug-likeness (QED) is 0.233. The van der Waals surface area contributed by atoms with Gasteiger partial charge in [-0.2, -0.15) is 0 Å². The van der Waals surface area contributed by atoms with Crippen molar-refractivity contribution >= 4 is 11.9 Å². The van der Waals surface area contributed by atoms with Gasteiger partial charge in [-0.05, 0) is 91.1 Å². The number of hydrogen-bond donors (Lipinski definition) is 2. The molecule has 0 bridgehead atoms. The minimum atomic E-state index is -1.24. The van der Waals surface area contributed by atoms with Crippen molar-refractivity contribution in [3.05, 3.63) is 92.4 Å². The zero-order chi connectivity index (χ0) is 33.7. The second-order valence-electron chi connectivity index (χ2n) is 13.0. The first-order valence-corrected chi connectivity index (χ1v) is 15.8. The van der Waals surface area contributed by atoms with E-state index < -0.39 is 47.6 Å². The molecule has 0 spiro atoms. The monoisotopic (exact) mass is 637 g/mol. The normalized spacial score (nSPS) is 15.1. The number of amides is 1. The average Bonchev–Trinajstić information content (AvgIpc) is 2.95. The van der Waals surface area contributed by atoms with Crippen LogP contribution in [0.5, 0.6) is 0 Å². The maximum absolute atomic E-state index is 15.7. The number of carboxylic acid groups (broad SMARTS) is 1. The molecule has 0 saturated carbocycles. The number of pyridine rings is 1. The molecule has 8 nitrogen and oxygen atoms in total. The highest BCUT2D eigenvalue weighted by Gasteiger charge is 2.30. The van der Waals surface area contributed by atoms with Gasteiger partial charge in [0.15, 0.2) is 5.82 Å². The van der Waals surface area contributed by atoms with Crippen LogP contribution >= 0.6 is 0 Å². The van der Waals surface area contributed by atoms with Crippen molar-refractivity contribution in [2.24, 2.45) is 11.8 Å². The number of aryl methyl sites for hydroxylation is 3. The number of nitrogens with zero attached hydrogens (tertiary/aromatic N) is 2. The first-order valence-electron chi connectivity index (χ1n) is 15.8. The summed E-state index contributed by atoms with van der Waals surface area (Å²) in [6.45, 7) is 12.3. The molecule has 1 fully saturated rings. The number of ether oxygens (including phenoxy) is 1. The molecule has 2 aromatic carbocycles. The van der Waals surface area contributed by atoms with Gasteiger partial charge in [-0.3, -0.25) is 14.4 Å². The van der Waals surface area contributed by atoms with Crippen LogP contribution in [0.15, 0.2) is 47.4 Å². The van der Waals surface area contributed by atoms with Gasteiger partial charge in [0, 0.05) is 44.4 Å². The van der Waals surface area contributed by atoms with Crippen LogP contribution in [-0.2, 0) is 20.7 Å². The van der Waals surface area contributed by atoms with Gasteiger partial charge >= 0.3 is 5.97 Å². The van der Waals surface area contributed by atoms with Crippen molar-refractivity contribution in [1.29, 1.82) is 0 Å². The van der Waals surface area contributed by atoms with Gasteiger partial charge in [0.2, 0.25) is 5.91 Å². The van der Waals surface area contributed by atoms with Gasteiger partial charge < -0.3 is 24.6 Å². The molecule has 1 aliphatic heterocycles. The molecule has 2 atom stereocenters. The van der Waals surface area contributed by atoms with Crippen LogP contribution in [0.3, 0.4) is 0 Å². The van der Waals surface area contributed by atoms with E-state index in [1.807, 2.05) is 45.9 Å². The van der Waals surface area contributed by atoms with Crippen molar-refractivity contribution < 1.29 is 28.2 Å². The molecule has 0 aliphatic carbocycles. The van der Waals surface area contributed by atoms with Crippen LogP contribution in [-0.4, -0.2) is 59.8 Å². The molecule has 4 rings (SSSR count). The lowest BCUT2D eigenvalue weighted by Gasteiger charge is -2.38. The number of hydrogen-bond acceptors (Lipinski definition) is 5. The van der Waals surface area contributed by atoms with E-state index in [4.69, 9.17) is 4.74 Å². The number of rotatable bonds is 14. The third kappa shape index (κ3) is 8.27. The van der Waals surface area contributed by atoms with Crippen LogP contribution in [0.4, 0.5) is 8.78 Å². The van der Waals surface area contributed by atoms with E-state index in [-0.39, 0.29) is 17.9 Å². The lowest BCUT2D eigenvalue weighted by Crippen LogP contribution is -2.49. The van der Waals surface area contributed by atoms with Gasteiger partial charge in [0.05, 0.1) is 19.1 Å². The van der Waals surface area contributed by atoms with E-state index in [1.165, 1.54) is 12.3 Å². The average molecular weight is 638 g/mol. The highest BCUT2D eigenvalue weighted by atomic mass is 19.1. The summed E-state index contributed by atoms with van der Waals surface area (Å²) in [4.78, 5) is 41.3. The molecule has 10 heteroatoms. The van der Waals surface area contributed by atoms with E-state index >= 15 is 8.78 Å². The summed E-state index contributed by atoms with van der Waals surface area (Å²) in [5, 5.41) is 12.5. The van der Waals surface area contributed by atoms with E-state index in [0.29, 0.717) is 42.2 Å². The molecule has 2 N–H and O–H groups in total. The summed E-state index contributed by atoms with van der Waals surface area (Å²) < 4.78 is 37.1. The van der Waals surface area contributed by atoms with Crippen LogP contribution < -0.4 is 10.9 Å². The Balaban J connectivity index is 1.67. The topological polar surface area (TPSA) is 101 Å². The lowest BCUT2D eigenvalue weighted by atomic mass is 9.90. The number of likely N-dealkylation sites (tertiary alicyclic amines) is 1. The second kappa shape index (κ2) is 15.1. The van der Waals surface area contributed by atoms with Crippen molar-refractivity contribution in [2.45, 2.75) is 66.0 Å². The van der Waals surface area contributed by atoms with Gasteiger partial charge in [-0.1, -0.05) is 32.0 Å². The molecule has 1 saturated heterocycles. The molecule has 46 heavy (non-hydrogen) atoms. The summed E-state index contributed by atoms with van der Waals surface area (Å²) in [6, 6.07) is 7.94. The molecule has 1 aliphatic rings. The number of carboxylic acids is 1. The van der Waals surface area contributed by atoms with Crippen molar-refractivity contribution in [2.75, 3.05) is 33.4 Å². The van der Waals surface area contributed by atoms with Crippen LogP contribution in [0.2, 0.25) is 0 Å². The SMILES string of the molecule is COCC1CN(CCc2cc(F)c(=O)n([C@@H](CC(C)C)C(=O)N[C@H](CC(=O)O)c3cc(-c4c(C)cccc4C)cc(C)c3F)c2)C1. The molecule has 2 heterocycles. The number of methoxy groups -OCH3 is 1. The summed E-state index contributed by atoms with van der Waals surface area (Å²) in [6.07, 6.45) is 1.59. The molecular weight excluding hydrogens is 592 g/mol. The molecule has 1 aromatic heterocycles. The third-order valence-electron chi connectivity index (χ3n) is 8.66. The number of carbonyl (C=O) groups excluding carboxylic acids is 1. The minimum Gasteiger partial charge on any atom is -0.481 e. The first-order chi connectivity index (χ1) is 21.8. The zero-order valence-corrected chi connectivity index (χ0v) is 27.5. The Hall–Kier alpha value is -3.89. The molecular formula is C36H45F2N3O5. The van der Waals surface area contributed by atoms with Crippen molar-refractivity contribution in [1.82, 2.24) is 14.8 Å². The van der Waals surface area contributed by atoms with Gasteiger partial charge in [-0.25, -0.2) is 8.78 Å². The summed E-state index contributed by atoms with van der Waals surface area (Å²) in [5.74, 6) is -3.11. The molecule has 0 unspecified atom stereocenters. The Morgan fingerprint density at radius 1 is 1.07 bits per heavy atom. The van der Waals surface area contributed by atoms with Crippen molar-refractivity contribution in [3.8, 4) is 11.1 Å². The van der Waals surface area contributed by atoms with Crippen LogP contribution in [0, 0.1) is 44.2 Å². The predicted molar refractivity (Wildman–Crippen MR) is 174 cm³/mol. The first kappa shape index (κ1) is 35.0. The summed E-state index contributed by atoms with van der Waals surface area (Å²) in [7, 11) is 1.67. The Kier molecular flexibility index (Phi) is 11.5. The highest BCUT2D eigenvalue weighted by molar-refractivity contribution is 5.82. The zero-order valence-electron chi connectivity index (χ0n) is 27.5. The summed E-state index contributed by atoms with van der Waals surface area (Å²) in [5.41, 5.74) is 3.51. The van der Waals surface area contributed by atoms with Crippen LogP contribution in [0.1, 0.15) is 66.6 Å². The largest absolute Gasteiger partial charge is 0.481 e. The fourth-order valence-electron chi connectivity index (χ4n) is 6.42. The van der Waals surface area contributed by atoms with E-state index in [2.05, 4.69) is 10.2 Å². The second-order valence-corrected chi connectivity index (χ2v) is 13.0. The van der Waals surface area contributed by atoms with Crippen molar-refractivity contribution in [3.63, 3.8) is 0 Å². The third-order valence-corrected chi connectivity index (χ3v) is 8.66. The molecule has 0 radical (unpaired) electrons. The van der Waals surface area contributed by atoms with Crippen LogP contribution in [0.25, 0.3) is 11.1 Å². The maximum Gasteiger partial charge on any atom is 0.305 e. The lowest BCUT2D eigenvalue weighted by molar-refractivity contribution is -0.138. The predicted octanol–water partition coefficient (Wildman–Crippen LogP) is 5.76. The standard InChI is InChI=1S/C36H45F2N3O5/c1-21(2)12-31(41-19-25(14-29(37)36(41)45)10-11-40-17-26(18-40)20-46-6)35(44)39-30(16-32(42)43)28-15-27(13-24(5)34(28)38)33-22(3)8-7-9-23(33)4/h7-9,13-15,19,21,26,30-31H,10-12,16-18,20H2,1-6H3,(H,39,44)(H,42,43)/t30-,31+/m1/s1. The smallest absolute Gasteiger partial charge is 0.305 e. The minimum absolute atomic E-state index is 0.0327. The fourth-order valence-corrected chi connectivity index (χ4v) is 6.42. The summed E-state index contributed by atoms with van der Waals surface area (Å²) >= 11 is 0. The number of aromatic nitrogens is 1. The Labute approximate surface area is 269 Å². The van der Waals surface area contributed by atoms with Gasteiger partial charge in [-0.15, -0.1) is 0 Å². The number of aliphatic carboxylic acids is 1. The Morgan fingerprint density at radius 2 is 1.74 bits per heavy atom. The number of benzene rings is 2. The highest BCUT2D eigenvalue weighted by Crippen LogP contribution is 2.33. The van der Waals surface area contributed by atoms with E-state index in [0.717, 1.165) is 34.3 Å². The van der Waals surface area contributed by atoms with E-state index in [1.54, 1.807) is 26.2 Å². The maximum atomic E-state index is 15.7. The number of carbonyl (C=O) groups is 2. The molecule has 3 aromatic rings. The molecule has 1 amide bonds. The van der Waals surface area contributed by atoms with Gasteiger partial charge in [0.1, 0.15) is 11.9 Å². The van der Waals surface area contributed by atoms with E-state index in [9.17, 15) is 19.5 Å². The Morgan fingerprint density at radius 3 is 2.35 bits per heavy atom. The molecule has 248 valence electrons.